The van der Waals surface area contributed by atoms with E-state index in [0.29, 0.717) is 16.4 Å². The molecule has 1 N–H and O–H groups in total. The molecule has 0 aliphatic heterocycles. The summed E-state index contributed by atoms with van der Waals surface area (Å²) in [6, 6.07) is 11.1. The lowest BCUT2D eigenvalue weighted by atomic mass is 9.76. The van der Waals surface area contributed by atoms with Gasteiger partial charge in [0.25, 0.3) is 5.91 Å². The van der Waals surface area contributed by atoms with Gasteiger partial charge >= 0.3 is 0 Å². The van der Waals surface area contributed by atoms with Gasteiger partial charge in [-0.15, -0.1) is 11.3 Å². The smallest absolute Gasteiger partial charge is 0.257 e. The maximum atomic E-state index is 12.4. The number of thiazole rings is 1. The van der Waals surface area contributed by atoms with Crippen molar-refractivity contribution in [1.29, 1.82) is 5.26 Å². The molecule has 0 saturated heterocycles. The number of hydrogen-bond acceptors (Lipinski definition) is 5. The second kappa shape index (κ2) is 7.03. The SMILES string of the molecule is CN(C(=O)Cc1csc(NC(=O)c2ccccc2)n1)C1(C#N)CCC1. The Balaban J connectivity index is 1.61. The number of nitrogens with zero attached hydrogens (tertiary/aromatic N) is 3. The van der Waals surface area contributed by atoms with Crippen LogP contribution in [0.15, 0.2) is 35.7 Å². The van der Waals surface area contributed by atoms with Gasteiger partial charge in [-0.05, 0) is 31.4 Å². The van der Waals surface area contributed by atoms with Gasteiger partial charge in [0.05, 0.1) is 18.2 Å². The van der Waals surface area contributed by atoms with Gasteiger partial charge in [0.2, 0.25) is 5.91 Å². The van der Waals surface area contributed by atoms with Crippen molar-refractivity contribution in [3.8, 4) is 6.07 Å². The van der Waals surface area contributed by atoms with Crippen LogP contribution in [0.5, 0.6) is 0 Å². The van der Waals surface area contributed by atoms with Crippen molar-refractivity contribution in [2.24, 2.45) is 0 Å². The Labute approximate surface area is 150 Å². The van der Waals surface area contributed by atoms with Crippen molar-refractivity contribution >= 4 is 28.3 Å². The summed E-state index contributed by atoms with van der Waals surface area (Å²) in [5, 5.41) is 14.3. The van der Waals surface area contributed by atoms with Crippen LogP contribution in [0.4, 0.5) is 5.13 Å². The Morgan fingerprint density at radius 2 is 2.08 bits per heavy atom. The highest BCUT2D eigenvalue weighted by Crippen LogP contribution is 2.36. The number of carbonyl (C=O) groups excluding carboxylic acids is 2. The third kappa shape index (κ3) is 3.54. The van der Waals surface area contributed by atoms with E-state index in [2.05, 4.69) is 16.4 Å². The molecule has 1 aliphatic carbocycles. The zero-order valence-electron chi connectivity index (χ0n) is 13.9. The van der Waals surface area contributed by atoms with Gasteiger partial charge in [-0.2, -0.15) is 5.26 Å². The molecular weight excluding hydrogens is 336 g/mol. The topological polar surface area (TPSA) is 86.1 Å². The Bertz CT molecular complexity index is 821. The van der Waals surface area contributed by atoms with Crippen molar-refractivity contribution in [2.45, 2.75) is 31.2 Å². The molecule has 128 valence electrons. The molecule has 0 radical (unpaired) electrons. The highest BCUT2D eigenvalue weighted by molar-refractivity contribution is 7.14. The van der Waals surface area contributed by atoms with Crippen LogP contribution in [-0.4, -0.2) is 34.3 Å². The van der Waals surface area contributed by atoms with Gasteiger partial charge < -0.3 is 4.90 Å². The molecule has 0 atom stereocenters. The minimum atomic E-state index is -0.655. The van der Waals surface area contributed by atoms with Crippen molar-refractivity contribution in [1.82, 2.24) is 9.88 Å². The van der Waals surface area contributed by atoms with E-state index in [9.17, 15) is 14.9 Å². The van der Waals surface area contributed by atoms with Crippen molar-refractivity contribution in [3.05, 3.63) is 47.0 Å². The molecule has 1 fully saturated rings. The fourth-order valence-electron chi connectivity index (χ4n) is 2.75. The highest BCUT2D eigenvalue weighted by atomic mass is 32.1. The van der Waals surface area contributed by atoms with Crippen LogP contribution in [0.3, 0.4) is 0 Å². The molecule has 1 aromatic heterocycles. The number of carbonyl (C=O) groups is 2. The van der Waals surface area contributed by atoms with Gasteiger partial charge in [-0.1, -0.05) is 18.2 Å². The predicted octanol–water partition coefficient (Wildman–Crippen LogP) is 2.84. The summed E-state index contributed by atoms with van der Waals surface area (Å²) in [5.74, 6) is -0.365. The average molecular weight is 354 g/mol. The maximum absolute atomic E-state index is 12.4. The third-order valence-electron chi connectivity index (χ3n) is 4.55. The standard InChI is InChI=1S/C18H18N4O2S/c1-22(18(12-19)8-5-9-18)15(23)10-14-11-25-17(20-14)21-16(24)13-6-3-2-4-7-13/h2-4,6-7,11H,5,8-10H2,1H3,(H,20,21,24). The van der Waals surface area contributed by atoms with Crippen LogP contribution in [0.25, 0.3) is 0 Å². The van der Waals surface area contributed by atoms with Crippen molar-refractivity contribution in [3.63, 3.8) is 0 Å². The molecule has 0 spiro atoms. The molecule has 25 heavy (non-hydrogen) atoms. The van der Waals surface area contributed by atoms with Gasteiger partial charge in [-0.25, -0.2) is 4.98 Å². The van der Waals surface area contributed by atoms with E-state index in [0.717, 1.165) is 19.3 Å². The summed E-state index contributed by atoms with van der Waals surface area (Å²) in [7, 11) is 1.68. The first-order valence-electron chi connectivity index (χ1n) is 8.03. The summed E-state index contributed by atoms with van der Waals surface area (Å²) < 4.78 is 0. The number of rotatable bonds is 5. The number of nitrogens with one attached hydrogen (secondary N) is 1. The molecule has 2 amide bonds. The number of hydrogen-bond donors (Lipinski definition) is 1. The zero-order valence-corrected chi connectivity index (χ0v) is 14.7. The van der Waals surface area contributed by atoms with Crippen LogP contribution >= 0.6 is 11.3 Å². The summed E-state index contributed by atoms with van der Waals surface area (Å²) in [6.45, 7) is 0. The van der Waals surface area contributed by atoms with Gasteiger partial charge in [-0.3, -0.25) is 14.9 Å². The molecule has 3 rings (SSSR count). The first-order chi connectivity index (χ1) is 12.0. The van der Waals surface area contributed by atoms with Crippen LogP contribution in [0.1, 0.15) is 35.3 Å². The Hall–Kier alpha value is -2.72. The monoisotopic (exact) mass is 354 g/mol. The lowest BCUT2D eigenvalue weighted by molar-refractivity contribution is -0.135. The lowest BCUT2D eigenvalue weighted by Gasteiger charge is -2.42. The van der Waals surface area contributed by atoms with E-state index < -0.39 is 5.54 Å². The predicted molar refractivity (Wildman–Crippen MR) is 95.2 cm³/mol. The third-order valence-corrected chi connectivity index (χ3v) is 5.35. The first-order valence-corrected chi connectivity index (χ1v) is 8.91. The summed E-state index contributed by atoms with van der Waals surface area (Å²) in [4.78, 5) is 30.4. The van der Waals surface area contributed by atoms with E-state index >= 15 is 0 Å². The fraction of sp³-hybridized carbons (Fsp3) is 0.333. The summed E-state index contributed by atoms with van der Waals surface area (Å²) >= 11 is 1.28. The normalized spacial score (nSPS) is 14.9. The van der Waals surface area contributed by atoms with Crippen LogP contribution in [0.2, 0.25) is 0 Å². The molecule has 0 bridgehead atoms. The molecule has 1 heterocycles. The molecular formula is C18H18N4O2S. The summed E-state index contributed by atoms with van der Waals surface area (Å²) in [5.41, 5.74) is 0.492. The van der Waals surface area contributed by atoms with Gasteiger partial charge in [0.1, 0.15) is 5.54 Å². The second-order valence-electron chi connectivity index (χ2n) is 6.09. The largest absolute Gasteiger partial charge is 0.327 e. The minimum Gasteiger partial charge on any atom is -0.327 e. The van der Waals surface area contributed by atoms with Gasteiger partial charge in [0, 0.05) is 18.0 Å². The molecule has 1 aromatic carbocycles. The first kappa shape index (κ1) is 17.1. The fourth-order valence-corrected chi connectivity index (χ4v) is 3.46. The Kier molecular flexibility index (Phi) is 4.81. The Morgan fingerprint density at radius 3 is 2.68 bits per heavy atom. The van der Waals surface area contributed by atoms with Gasteiger partial charge in [0.15, 0.2) is 5.13 Å². The second-order valence-corrected chi connectivity index (χ2v) is 6.95. The van der Waals surface area contributed by atoms with Crippen molar-refractivity contribution < 1.29 is 9.59 Å². The molecule has 1 aliphatic rings. The van der Waals surface area contributed by atoms with Crippen LogP contribution in [-0.2, 0) is 11.2 Å². The van der Waals surface area contributed by atoms with Crippen LogP contribution in [0, 0.1) is 11.3 Å². The number of aromatic nitrogens is 1. The quantitative estimate of drug-likeness (QED) is 0.894. The number of benzene rings is 1. The van der Waals surface area contributed by atoms with E-state index in [1.54, 1.807) is 36.7 Å². The Morgan fingerprint density at radius 1 is 1.36 bits per heavy atom. The molecule has 2 aromatic rings. The van der Waals surface area contributed by atoms with Crippen molar-refractivity contribution in [2.75, 3.05) is 12.4 Å². The number of likely N-dealkylation sites (N-methyl/N-ethyl adjacent to an activating group) is 1. The minimum absolute atomic E-state index is 0.123. The van der Waals surface area contributed by atoms with E-state index in [1.807, 2.05) is 6.07 Å². The zero-order chi connectivity index (χ0) is 17.9. The van der Waals surface area contributed by atoms with E-state index in [4.69, 9.17) is 0 Å². The molecule has 6 nitrogen and oxygen atoms in total. The van der Waals surface area contributed by atoms with Crippen LogP contribution < -0.4 is 5.32 Å². The number of anilines is 1. The molecule has 1 saturated carbocycles. The van der Waals surface area contributed by atoms with E-state index in [-0.39, 0.29) is 18.2 Å². The number of nitriles is 1. The number of amides is 2. The highest BCUT2D eigenvalue weighted by Gasteiger charge is 2.43. The lowest BCUT2D eigenvalue weighted by Crippen LogP contribution is -2.53. The summed E-state index contributed by atoms with van der Waals surface area (Å²) in [6.07, 6.45) is 2.54. The van der Waals surface area contributed by atoms with E-state index in [1.165, 1.54) is 16.2 Å². The average Bonchev–Trinajstić information content (AvgIpc) is 3.02. The molecule has 0 unspecified atom stereocenters. The maximum Gasteiger partial charge on any atom is 0.257 e. The molecule has 7 heteroatoms.